The van der Waals surface area contributed by atoms with Crippen LogP contribution in [0.15, 0.2) is 18.2 Å². The predicted octanol–water partition coefficient (Wildman–Crippen LogP) is 1.15. The number of ether oxygens (including phenoxy) is 1. The van der Waals surface area contributed by atoms with E-state index in [1.165, 1.54) is 17.4 Å². The van der Waals surface area contributed by atoms with Crippen molar-refractivity contribution < 1.29 is 13.2 Å². The predicted molar refractivity (Wildman–Crippen MR) is 71.7 cm³/mol. The van der Waals surface area contributed by atoms with Crippen LogP contribution >= 0.6 is 0 Å². The Kier molecular flexibility index (Phi) is 4.24. The van der Waals surface area contributed by atoms with Crippen LogP contribution in [0.2, 0.25) is 0 Å². The molecule has 0 fully saturated rings. The van der Waals surface area contributed by atoms with E-state index < -0.39 is 9.84 Å². The van der Waals surface area contributed by atoms with E-state index >= 15 is 0 Å². The van der Waals surface area contributed by atoms with E-state index in [4.69, 9.17) is 4.74 Å². The third kappa shape index (κ3) is 3.99. The lowest BCUT2D eigenvalue weighted by molar-refractivity contribution is 0.357. The minimum atomic E-state index is -2.83. The Balaban J connectivity index is 1.74. The molecule has 0 aliphatic carbocycles. The van der Waals surface area contributed by atoms with Gasteiger partial charge in [-0.15, -0.1) is 0 Å². The molecule has 4 nitrogen and oxygen atoms in total. The highest BCUT2D eigenvalue weighted by molar-refractivity contribution is 7.90. The number of sulfone groups is 1. The summed E-state index contributed by atoms with van der Waals surface area (Å²) in [4.78, 5) is 0. The third-order valence-electron chi connectivity index (χ3n) is 2.95. The highest BCUT2D eigenvalue weighted by atomic mass is 32.2. The molecule has 0 saturated carbocycles. The van der Waals surface area contributed by atoms with Crippen molar-refractivity contribution in [3.8, 4) is 5.75 Å². The van der Waals surface area contributed by atoms with Crippen molar-refractivity contribution in [3.63, 3.8) is 0 Å². The van der Waals surface area contributed by atoms with Gasteiger partial charge in [0.15, 0.2) is 0 Å². The van der Waals surface area contributed by atoms with Gasteiger partial charge in [0.1, 0.15) is 15.6 Å². The fraction of sp³-hybridized carbons (Fsp3) is 0.538. The van der Waals surface area contributed by atoms with Crippen LogP contribution in [0.4, 0.5) is 0 Å². The average Bonchev–Trinajstić information content (AvgIpc) is 2.74. The second-order valence-electron chi connectivity index (χ2n) is 4.70. The maximum Gasteiger partial charge on any atom is 0.147 e. The summed E-state index contributed by atoms with van der Waals surface area (Å²) in [6, 6.07) is 6.22. The first kappa shape index (κ1) is 13.4. The summed E-state index contributed by atoms with van der Waals surface area (Å²) in [5, 5.41) is 3.26. The monoisotopic (exact) mass is 269 g/mol. The zero-order valence-electron chi connectivity index (χ0n) is 10.6. The SMILES string of the molecule is CS(=O)(=O)CCCNCc1ccc2c(c1)CCO2. The Morgan fingerprint density at radius 3 is 3.00 bits per heavy atom. The van der Waals surface area contributed by atoms with Crippen molar-refractivity contribution >= 4 is 9.84 Å². The maximum absolute atomic E-state index is 11.0. The second-order valence-corrected chi connectivity index (χ2v) is 6.96. The van der Waals surface area contributed by atoms with Gasteiger partial charge in [0, 0.05) is 19.2 Å². The van der Waals surface area contributed by atoms with Crippen molar-refractivity contribution in [1.82, 2.24) is 5.32 Å². The Morgan fingerprint density at radius 2 is 2.22 bits per heavy atom. The Bertz CT molecular complexity index is 511. The molecule has 100 valence electrons. The molecule has 2 rings (SSSR count). The van der Waals surface area contributed by atoms with E-state index in [-0.39, 0.29) is 5.75 Å². The van der Waals surface area contributed by atoms with E-state index in [0.29, 0.717) is 6.42 Å². The van der Waals surface area contributed by atoms with Crippen molar-refractivity contribution in [2.45, 2.75) is 19.4 Å². The van der Waals surface area contributed by atoms with Crippen LogP contribution < -0.4 is 10.1 Å². The Morgan fingerprint density at radius 1 is 1.39 bits per heavy atom. The largest absolute Gasteiger partial charge is 0.493 e. The topological polar surface area (TPSA) is 55.4 Å². The van der Waals surface area contributed by atoms with Gasteiger partial charge in [-0.1, -0.05) is 12.1 Å². The number of hydrogen-bond acceptors (Lipinski definition) is 4. The first-order valence-electron chi connectivity index (χ1n) is 6.18. The summed E-state index contributed by atoms with van der Waals surface area (Å²) in [5.41, 5.74) is 2.49. The summed E-state index contributed by atoms with van der Waals surface area (Å²) in [5.74, 6) is 1.24. The lowest BCUT2D eigenvalue weighted by atomic mass is 10.1. The van der Waals surface area contributed by atoms with Gasteiger partial charge in [-0.2, -0.15) is 0 Å². The minimum Gasteiger partial charge on any atom is -0.493 e. The van der Waals surface area contributed by atoms with Gasteiger partial charge in [-0.05, 0) is 30.2 Å². The van der Waals surface area contributed by atoms with Crippen LogP contribution in [0.25, 0.3) is 0 Å². The highest BCUT2D eigenvalue weighted by Crippen LogP contribution is 2.25. The molecule has 1 aliphatic rings. The number of fused-ring (bicyclic) bond motifs is 1. The molecular weight excluding hydrogens is 250 g/mol. The lowest BCUT2D eigenvalue weighted by Gasteiger charge is -2.06. The van der Waals surface area contributed by atoms with E-state index in [1.54, 1.807) is 0 Å². The summed E-state index contributed by atoms with van der Waals surface area (Å²) in [6.45, 7) is 2.28. The fourth-order valence-electron chi connectivity index (χ4n) is 2.04. The lowest BCUT2D eigenvalue weighted by Crippen LogP contribution is -2.17. The smallest absolute Gasteiger partial charge is 0.147 e. The number of hydrogen-bond donors (Lipinski definition) is 1. The number of nitrogens with one attached hydrogen (secondary N) is 1. The molecule has 0 aromatic heterocycles. The summed E-state index contributed by atoms with van der Waals surface area (Å²) in [7, 11) is -2.83. The molecule has 1 aromatic carbocycles. The molecule has 0 radical (unpaired) electrons. The van der Waals surface area contributed by atoms with Gasteiger partial charge in [-0.3, -0.25) is 0 Å². The molecular formula is C13H19NO3S. The normalized spacial score (nSPS) is 14.3. The van der Waals surface area contributed by atoms with E-state index in [9.17, 15) is 8.42 Å². The van der Waals surface area contributed by atoms with Crippen LogP contribution in [0.1, 0.15) is 17.5 Å². The van der Waals surface area contributed by atoms with E-state index in [0.717, 1.165) is 31.9 Å². The molecule has 1 N–H and O–H groups in total. The quantitative estimate of drug-likeness (QED) is 0.787. The number of rotatable bonds is 6. The van der Waals surface area contributed by atoms with Crippen LogP contribution in [0.5, 0.6) is 5.75 Å². The molecule has 0 unspecified atom stereocenters. The van der Waals surface area contributed by atoms with Crippen molar-refractivity contribution in [1.29, 1.82) is 0 Å². The van der Waals surface area contributed by atoms with E-state index in [1.807, 2.05) is 12.1 Å². The van der Waals surface area contributed by atoms with Crippen LogP contribution in [-0.4, -0.2) is 33.6 Å². The van der Waals surface area contributed by atoms with E-state index in [2.05, 4.69) is 11.4 Å². The van der Waals surface area contributed by atoms with Gasteiger partial charge in [0.05, 0.1) is 12.4 Å². The maximum atomic E-state index is 11.0. The molecule has 1 heterocycles. The summed E-state index contributed by atoms with van der Waals surface area (Å²) in [6.07, 6.45) is 2.91. The molecule has 0 bridgehead atoms. The summed E-state index contributed by atoms with van der Waals surface area (Å²) < 4.78 is 27.3. The van der Waals surface area contributed by atoms with Gasteiger partial charge in [0.2, 0.25) is 0 Å². The molecule has 0 atom stereocenters. The van der Waals surface area contributed by atoms with Gasteiger partial charge in [0.25, 0.3) is 0 Å². The van der Waals surface area contributed by atoms with Crippen LogP contribution in [0.3, 0.4) is 0 Å². The third-order valence-corrected chi connectivity index (χ3v) is 3.98. The summed E-state index contributed by atoms with van der Waals surface area (Å²) >= 11 is 0. The first-order valence-corrected chi connectivity index (χ1v) is 8.24. The van der Waals surface area contributed by atoms with Crippen molar-refractivity contribution in [3.05, 3.63) is 29.3 Å². The highest BCUT2D eigenvalue weighted by Gasteiger charge is 2.11. The fourth-order valence-corrected chi connectivity index (χ4v) is 2.71. The minimum absolute atomic E-state index is 0.248. The van der Waals surface area contributed by atoms with Crippen LogP contribution in [-0.2, 0) is 22.8 Å². The first-order chi connectivity index (χ1) is 8.54. The van der Waals surface area contributed by atoms with Crippen LogP contribution in [0, 0.1) is 0 Å². The zero-order valence-corrected chi connectivity index (χ0v) is 11.4. The molecule has 0 saturated heterocycles. The average molecular weight is 269 g/mol. The molecule has 0 amide bonds. The molecule has 1 aromatic rings. The van der Waals surface area contributed by atoms with Gasteiger partial charge < -0.3 is 10.1 Å². The van der Waals surface area contributed by atoms with Gasteiger partial charge >= 0.3 is 0 Å². The Labute approximate surface area is 108 Å². The van der Waals surface area contributed by atoms with Crippen molar-refractivity contribution in [2.24, 2.45) is 0 Å². The van der Waals surface area contributed by atoms with Gasteiger partial charge in [-0.25, -0.2) is 8.42 Å². The molecule has 5 heteroatoms. The second kappa shape index (κ2) is 5.71. The number of benzene rings is 1. The van der Waals surface area contributed by atoms with Crippen molar-refractivity contribution in [2.75, 3.05) is 25.2 Å². The molecule has 18 heavy (non-hydrogen) atoms. The molecule has 0 spiro atoms. The molecule has 1 aliphatic heterocycles. The Hall–Kier alpha value is -1.07. The standard InChI is InChI=1S/C13H19NO3S/c1-18(15,16)8-2-6-14-10-11-3-4-13-12(9-11)5-7-17-13/h3-4,9,14H,2,5-8,10H2,1H3. The zero-order chi connectivity index (χ0) is 13.0.